The van der Waals surface area contributed by atoms with Crippen molar-refractivity contribution >= 4 is 19.2 Å². The molecular weight excluding hydrogens is 259 g/mol. The average molecular weight is 285 g/mol. The SMILES string of the molecule is CCCCOP(=O)(CCCCCl)OCCCC. The Labute approximate surface area is 111 Å². The Morgan fingerprint density at radius 2 is 1.47 bits per heavy atom. The first kappa shape index (κ1) is 17.4. The summed E-state index contributed by atoms with van der Waals surface area (Å²) in [5.41, 5.74) is 0. The molecule has 0 aliphatic rings. The van der Waals surface area contributed by atoms with Crippen molar-refractivity contribution in [2.75, 3.05) is 25.3 Å². The van der Waals surface area contributed by atoms with E-state index in [0.717, 1.165) is 38.5 Å². The standard InChI is InChI=1S/C12H26ClO3P/c1-3-5-10-15-17(14,12-8-7-9-13)16-11-6-4-2/h3-12H2,1-2H3. The van der Waals surface area contributed by atoms with Crippen molar-refractivity contribution in [3.63, 3.8) is 0 Å². The molecule has 0 fully saturated rings. The van der Waals surface area contributed by atoms with Crippen molar-refractivity contribution in [1.29, 1.82) is 0 Å². The van der Waals surface area contributed by atoms with Crippen LogP contribution in [0.1, 0.15) is 52.4 Å². The van der Waals surface area contributed by atoms with E-state index < -0.39 is 7.60 Å². The Morgan fingerprint density at radius 3 is 1.88 bits per heavy atom. The van der Waals surface area contributed by atoms with Crippen LogP contribution < -0.4 is 0 Å². The summed E-state index contributed by atoms with van der Waals surface area (Å²) in [5, 5.41) is 0. The van der Waals surface area contributed by atoms with E-state index >= 15 is 0 Å². The molecule has 0 heterocycles. The summed E-state index contributed by atoms with van der Waals surface area (Å²) >= 11 is 5.61. The van der Waals surface area contributed by atoms with Crippen LogP contribution in [0.2, 0.25) is 0 Å². The molecule has 0 bridgehead atoms. The van der Waals surface area contributed by atoms with E-state index in [-0.39, 0.29) is 0 Å². The summed E-state index contributed by atoms with van der Waals surface area (Å²) in [6.07, 6.45) is 6.09. The minimum atomic E-state index is -2.87. The van der Waals surface area contributed by atoms with Crippen molar-refractivity contribution < 1.29 is 13.6 Å². The molecule has 0 aromatic rings. The van der Waals surface area contributed by atoms with Gasteiger partial charge in [-0.15, -0.1) is 11.6 Å². The maximum Gasteiger partial charge on any atom is 0.330 e. The summed E-state index contributed by atoms with van der Waals surface area (Å²) in [7, 11) is -2.87. The maximum atomic E-state index is 12.4. The van der Waals surface area contributed by atoms with Gasteiger partial charge in [0.25, 0.3) is 0 Å². The maximum absolute atomic E-state index is 12.4. The molecule has 0 aliphatic carbocycles. The van der Waals surface area contributed by atoms with E-state index in [1.54, 1.807) is 0 Å². The monoisotopic (exact) mass is 284 g/mol. The first-order valence-corrected chi connectivity index (χ1v) is 8.89. The Bertz CT molecular complexity index is 179. The van der Waals surface area contributed by atoms with Gasteiger partial charge in [-0.25, -0.2) is 0 Å². The molecule has 0 saturated heterocycles. The van der Waals surface area contributed by atoms with E-state index in [0.29, 0.717) is 25.3 Å². The van der Waals surface area contributed by atoms with Gasteiger partial charge in [0.1, 0.15) is 0 Å². The van der Waals surface area contributed by atoms with Crippen LogP contribution in [0.5, 0.6) is 0 Å². The molecule has 0 rings (SSSR count). The highest BCUT2D eigenvalue weighted by molar-refractivity contribution is 7.53. The average Bonchev–Trinajstić information content (AvgIpc) is 2.30. The topological polar surface area (TPSA) is 35.5 Å². The molecule has 0 aromatic heterocycles. The van der Waals surface area contributed by atoms with E-state index in [2.05, 4.69) is 13.8 Å². The van der Waals surface area contributed by atoms with Crippen LogP contribution in [0.25, 0.3) is 0 Å². The molecular formula is C12H26ClO3P. The normalized spacial score (nSPS) is 11.9. The first-order chi connectivity index (χ1) is 8.18. The molecule has 0 N–H and O–H groups in total. The zero-order chi connectivity index (χ0) is 13.0. The highest BCUT2D eigenvalue weighted by Crippen LogP contribution is 2.49. The van der Waals surface area contributed by atoms with Crippen LogP contribution in [0.15, 0.2) is 0 Å². The van der Waals surface area contributed by atoms with Crippen LogP contribution in [0, 0.1) is 0 Å². The van der Waals surface area contributed by atoms with Crippen molar-refractivity contribution in [3.05, 3.63) is 0 Å². The van der Waals surface area contributed by atoms with Crippen LogP contribution in [-0.2, 0) is 13.6 Å². The quantitative estimate of drug-likeness (QED) is 0.292. The molecule has 17 heavy (non-hydrogen) atoms. The minimum Gasteiger partial charge on any atom is -0.309 e. The Kier molecular flexibility index (Phi) is 11.8. The molecule has 0 atom stereocenters. The molecule has 0 saturated carbocycles. The largest absolute Gasteiger partial charge is 0.330 e. The van der Waals surface area contributed by atoms with Crippen LogP contribution in [0.4, 0.5) is 0 Å². The molecule has 0 amide bonds. The lowest BCUT2D eigenvalue weighted by atomic mass is 10.4. The van der Waals surface area contributed by atoms with Gasteiger partial charge >= 0.3 is 7.60 Å². The third-order valence-electron chi connectivity index (χ3n) is 2.39. The van der Waals surface area contributed by atoms with Gasteiger partial charge in [-0.1, -0.05) is 26.7 Å². The number of alkyl halides is 1. The summed E-state index contributed by atoms with van der Waals surface area (Å²) in [6.45, 7) is 5.22. The van der Waals surface area contributed by atoms with Gasteiger partial charge in [0, 0.05) is 5.88 Å². The lowest BCUT2D eigenvalue weighted by Crippen LogP contribution is -2.03. The Balaban J connectivity index is 4.00. The summed E-state index contributed by atoms with van der Waals surface area (Å²) in [5.74, 6) is 0.601. The predicted molar refractivity (Wildman–Crippen MR) is 74.1 cm³/mol. The van der Waals surface area contributed by atoms with Crippen molar-refractivity contribution in [3.8, 4) is 0 Å². The van der Waals surface area contributed by atoms with Gasteiger partial charge in [-0.2, -0.15) is 0 Å². The fraction of sp³-hybridized carbons (Fsp3) is 1.00. The second kappa shape index (κ2) is 11.5. The second-order valence-electron chi connectivity index (χ2n) is 4.10. The molecule has 0 radical (unpaired) electrons. The lowest BCUT2D eigenvalue weighted by Gasteiger charge is -2.18. The van der Waals surface area contributed by atoms with E-state index in [9.17, 15) is 4.57 Å². The van der Waals surface area contributed by atoms with Gasteiger partial charge in [0.05, 0.1) is 19.4 Å². The third-order valence-corrected chi connectivity index (χ3v) is 4.67. The number of hydrogen-bond donors (Lipinski definition) is 0. The van der Waals surface area contributed by atoms with E-state index in [1.165, 1.54) is 0 Å². The molecule has 3 nitrogen and oxygen atoms in total. The van der Waals surface area contributed by atoms with Gasteiger partial charge < -0.3 is 9.05 Å². The number of hydrogen-bond acceptors (Lipinski definition) is 3. The summed E-state index contributed by atoms with van der Waals surface area (Å²) < 4.78 is 23.3. The molecule has 5 heteroatoms. The number of halogens is 1. The first-order valence-electron chi connectivity index (χ1n) is 6.62. The number of unbranched alkanes of at least 4 members (excludes halogenated alkanes) is 3. The van der Waals surface area contributed by atoms with Crippen molar-refractivity contribution in [1.82, 2.24) is 0 Å². The zero-order valence-corrected chi connectivity index (χ0v) is 12.8. The molecule has 0 aromatic carbocycles. The molecule has 0 unspecified atom stereocenters. The second-order valence-corrected chi connectivity index (χ2v) is 6.67. The highest BCUT2D eigenvalue weighted by atomic mass is 35.5. The number of rotatable bonds is 12. The molecule has 0 aliphatic heterocycles. The molecule has 104 valence electrons. The van der Waals surface area contributed by atoms with E-state index in [4.69, 9.17) is 20.6 Å². The van der Waals surface area contributed by atoms with E-state index in [1.807, 2.05) is 0 Å². The summed E-state index contributed by atoms with van der Waals surface area (Å²) in [6, 6.07) is 0. The molecule has 0 spiro atoms. The lowest BCUT2D eigenvalue weighted by molar-refractivity contribution is 0.199. The zero-order valence-electron chi connectivity index (χ0n) is 11.1. The van der Waals surface area contributed by atoms with Crippen molar-refractivity contribution in [2.45, 2.75) is 52.4 Å². The van der Waals surface area contributed by atoms with Crippen LogP contribution in [0.3, 0.4) is 0 Å². The van der Waals surface area contributed by atoms with Crippen LogP contribution >= 0.6 is 19.2 Å². The van der Waals surface area contributed by atoms with Gasteiger partial charge in [-0.3, -0.25) is 4.57 Å². The van der Waals surface area contributed by atoms with Crippen LogP contribution in [-0.4, -0.2) is 25.3 Å². The minimum absolute atomic E-state index is 0.493. The summed E-state index contributed by atoms with van der Waals surface area (Å²) in [4.78, 5) is 0. The Hall–Kier alpha value is 0.440. The predicted octanol–water partition coefficient (Wildman–Crippen LogP) is 4.83. The van der Waals surface area contributed by atoms with Gasteiger partial charge in [0.15, 0.2) is 0 Å². The highest BCUT2D eigenvalue weighted by Gasteiger charge is 2.23. The third kappa shape index (κ3) is 10.1. The Morgan fingerprint density at radius 1 is 0.941 bits per heavy atom. The van der Waals surface area contributed by atoms with Gasteiger partial charge in [-0.05, 0) is 25.7 Å². The fourth-order valence-electron chi connectivity index (χ4n) is 1.26. The smallest absolute Gasteiger partial charge is 0.309 e. The van der Waals surface area contributed by atoms with Gasteiger partial charge in [0.2, 0.25) is 0 Å². The van der Waals surface area contributed by atoms with Crippen molar-refractivity contribution in [2.24, 2.45) is 0 Å². The fourth-order valence-corrected chi connectivity index (χ4v) is 3.21.